The summed E-state index contributed by atoms with van der Waals surface area (Å²) in [6.07, 6.45) is 3.70. The lowest BCUT2D eigenvalue weighted by Crippen LogP contribution is -2.50. The van der Waals surface area contributed by atoms with Crippen molar-refractivity contribution in [3.05, 3.63) is 87.9 Å². The molecule has 0 spiro atoms. The van der Waals surface area contributed by atoms with Crippen LogP contribution in [0.2, 0.25) is 0 Å². The summed E-state index contributed by atoms with van der Waals surface area (Å²) in [6.45, 7) is 2.94. The van der Waals surface area contributed by atoms with Crippen LogP contribution in [0.15, 0.2) is 66.7 Å². The maximum absolute atomic E-state index is 13.4. The fourth-order valence-corrected chi connectivity index (χ4v) is 6.11. The average Bonchev–Trinajstić information content (AvgIpc) is 3.49. The zero-order valence-electron chi connectivity index (χ0n) is 24.1. The first-order valence-electron chi connectivity index (χ1n) is 14.3. The smallest absolute Gasteiger partial charge is 0.264 e. The highest BCUT2D eigenvalue weighted by atomic mass is 32.1. The summed E-state index contributed by atoms with van der Waals surface area (Å²) in [4.78, 5) is 42.3. The summed E-state index contributed by atoms with van der Waals surface area (Å²) < 4.78 is 18.6. The highest BCUT2D eigenvalue weighted by molar-refractivity contribution is 7.15. The normalized spacial score (nSPS) is 17.2. The topological polar surface area (TPSA) is 114 Å². The number of nitrogens with two attached hydrogens (primary N) is 1. The number of benzene rings is 2. The quantitative estimate of drug-likeness (QED) is 0.277. The largest absolute Gasteiger partial charge is 0.383 e. The van der Waals surface area contributed by atoms with Crippen molar-refractivity contribution in [2.45, 2.75) is 57.2 Å². The van der Waals surface area contributed by atoms with Crippen molar-refractivity contribution in [2.24, 2.45) is 11.7 Å². The van der Waals surface area contributed by atoms with Crippen LogP contribution in [0.4, 0.5) is 10.1 Å². The van der Waals surface area contributed by atoms with Gasteiger partial charge in [-0.25, -0.2) is 4.39 Å². The van der Waals surface area contributed by atoms with Gasteiger partial charge < -0.3 is 26.0 Å². The predicted molar refractivity (Wildman–Crippen MR) is 163 cm³/mol. The molecule has 4 N–H and O–H groups in total. The summed E-state index contributed by atoms with van der Waals surface area (Å²) >= 11 is 1.17. The first-order valence-corrected chi connectivity index (χ1v) is 15.1. The number of amides is 3. The van der Waals surface area contributed by atoms with Crippen LogP contribution < -0.4 is 16.4 Å². The zero-order chi connectivity index (χ0) is 30.1. The van der Waals surface area contributed by atoms with Crippen LogP contribution in [-0.2, 0) is 16.0 Å². The number of anilines is 1. The minimum Gasteiger partial charge on any atom is -0.383 e. The van der Waals surface area contributed by atoms with Crippen LogP contribution in [0.25, 0.3) is 0 Å². The Morgan fingerprint density at radius 3 is 2.48 bits per heavy atom. The SMILES string of the molecule is COCC1CCCCN1C(=O)c1ccc(C(=O)N[C@@H](Cc2ccccc2)[C@@H](N)C[C@@H](C)C(=O)Nc2ccc(F)cc2)s1. The molecule has 1 saturated heterocycles. The maximum atomic E-state index is 13.4. The molecule has 0 aliphatic carbocycles. The number of nitrogens with one attached hydrogen (secondary N) is 2. The van der Waals surface area contributed by atoms with Gasteiger partial charge in [0.1, 0.15) is 5.82 Å². The fraction of sp³-hybridized carbons (Fsp3) is 0.406. The summed E-state index contributed by atoms with van der Waals surface area (Å²) in [5.74, 6) is -1.49. The summed E-state index contributed by atoms with van der Waals surface area (Å²) in [5, 5.41) is 5.86. The van der Waals surface area contributed by atoms with Gasteiger partial charge in [-0.3, -0.25) is 14.4 Å². The minimum absolute atomic E-state index is 0.0334. The van der Waals surface area contributed by atoms with Crippen LogP contribution in [0.1, 0.15) is 57.5 Å². The monoisotopic (exact) mass is 594 g/mol. The minimum atomic E-state index is -0.535. The molecule has 1 aliphatic heterocycles. The molecule has 4 rings (SSSR count). The number of piperidine rings is 1. The van der Waals surface area contributed by atoms with Crippen LogP contribution in [0.5, 0.6) is 0 Å². The molecule has 0 radical (unpaired) electrons. The third-order valence-electron chi connectivity index (χ3n) is 7.60. The maximum Gasteiger partial charge on any atom is 0.264 e. The van der Waals surface area contributed by atoms with Gasteiger partial charge in [-0.05, 0) is 74.1 Å². The number of rotatable bonds is 12. The Balaban J connectivity index is 1.43. The van der Waals surface area contributed by atoms with E-state index >= 15 is 0 Å². The molecule has 3 amide bonds. The second kappa shape index (κ2) is 15.0. The second-order valence-corrected chi connectivity index (χ2v) is 11.9. The molecular formula is C32H39FN4O4S. The molecule has 2 aromatic carbocycles. The van der Waals surface area contributed by atoms with Crippen molar-refractivity contribution in [3.63, 3.8) is 0 Å². The van der Waals surface area contributed by atoms with Crippen LogP contribution >= 0.6 is 11.3 Å². The average molecular weight is 595 g/mol. The summed E-state index contributed by atoms with van der Waals surface area (Å²) in [7, 11) is 1.64. The second-order valence-electron chi connectivity index (χ2n) is 10.8. The number of ether oxygens (including phenoxy) is 1. The molecule has 4 atom stereocenters. The molecule has 2 heterocycles. The molecule has 1 aromatic heterocycles. The Labute approximate surface area is 250 Å². The lowest BCUT2D eigenvalue weighted by atomic mass is 9.92. The molecule has 1 aliphatic rings. The van der Waals surface area contributed by atoms with E-state index < -0.39 is 18.0 Å². The number of hydrogen-bond donors (Lipinski definition) is 3. The standard InChI is InChI=1S/C32H39FN4O4S/c1-21(30(38)35-24-13-11-23(33)12-14-24)18-26(34)27(19-22-8-4-3-5-9-22)36-31(39)28-15-16-29(42-28)32(40)37-17-7-6-10-25(37)20-41-2/h3-5,8-9,11-16,21,25-27H,6-7,10,17-20,34H2,1-2H3,(H,35,38)(H,36,39)/t21-,25?,26+,27+/m1/s1. The number of nitrogens with zero attached hydrogens (tertiary/aromatic N) is 1. The molecule has 3 aromatic rings. The van der Waals surface area contributed by atoms with Gasteiger partial charge in [-0.15, -0.1) is 11.3 Å². The van der Waals surface area contributed by atoms with Crippen molar-refractivity contribution in [1.82, 2.24) is 10.2 Å². The van der Waals surface area contributed by atoms with Crippen LogP contribution in [0, 0.1) is 11.7 Å². The first-order chi connectivity index (χ1) is 20.2. The Bertz CT molecular complexity index is 1330. The van der Waals surface area contributed by atoms with Gasteiger partial charge in [-0.1, -0.05) is 37.3 Å². The molecule has 224 valence electrons. The molecule has 42 heavy (non-hydrogen) atoms. The van der Waals surface area contributed by atoms with Gasteiger partial charge >= 0.3 is 0 Å². The molecule has 0 saturated carbocycles. The number of carbonyl (C=O) groups is 3. The van der Waals surface area contributed by atoms with Gasteiger partial charge in [0.15, 0.2) is 0 Å². The van der Waals surface area contributed by atoms with E-state index in [9.17, 15) is 18.8 Å². The van der Waals surface area contributed by atoms with Gasteiger partial charge in [0, 0.05) is 37.3 Å². The van der Waals surface area contributed by atoms with E-state index in [1.165, 1.54) is 35.6 Å². The van der Waals surface area contributed by atoms with Gasteiger partial charge in [0.25, 0.3) is 11.8 Å². The summed E-state index contributed by atoms with van der Waals surface area (Å²) in [6, 6.07) is 17.7. The lowest BCUT2D eigenvalue weighted by molar-refractivity contribution is -0.119. The number of likely N-dealkylation sites (tertiary alicyclic amines) is 1. The predicted octanol–water partition coefficient (Wildman–Crippen LogP) is 4.86. The van der Waals surface area contributed by atoms with Crippen molar-refractivity contribution in [1.29, 1.82) is 0 Å². The third kappa shape index (κ3) is 8.47. The van der Waals surface area contributed by atoms with Gasteiger partial charge in [0.2, 0.25) is 5.91 Å². The van der Waals surface area contributed by atoms with E-state index in [2.05, 4.69) is 10.6 Å². The number of methoxy groups -OCH3 is 1. The number of thiophene rings is 1. The fourth-order valence-electron chi connectivity index (χ4n) is 5.25. The lowest BCUT2D eigenvalue weighted by Gasteiger charge is -2.35. The molecular weight excluding hydrogens is 555 g/mol. The highest BCUT2D eigenvalue weighted by Gasteiger charge is 2.30. The third-order valence-corrected chi connectivity index (χ3v) is 8.68. The number of halogens is 1. The van der Waals surface area contributed by atoms with Crippen LogP contribution in [0.3, 0.4) is 0 Å². The summed E-state index contributed by atoms with van der Waals surface area (Å²) in [5.41, 5.74) is 8.12. The van der Waals surface area contributed by atoms with E-state index in [0.717, 1.165) is 24.8 Å². The number of hydrogen-bond acceptors (Lipinski definition) is 6. The Hall–Kier alpha value is -3.60. The Morgan fingerprint density at radius 1 is 1.05 bits per heavy atom. The molecule has 1 unspecified atom stereocenters. The molecule has 10 heteroatoms. The molecule has 0 bridgehead atoms. The molecule has 1 fully saturated rings. The zero-order valence-corrected chi connectivity index (χ0v) is 24.9. The van der Waals surface area contributed by atoms with Crippen LogP contribution in [-0.4, -0.2) is 61.0 Å². The van der Waals surface area contributed by atoms with Gasteiger partial charge in [0.05, 0.1) is 22.4 Å². The highest BCUT2D eigenvalue weighted by Crippen LogP contribution is 2.25. The number of carbonyl (C=O) groups excluding carboxylic acids is 3. The van der Waals surface area contributed by atoms with E-state index in [-0.39, 0.29) is 29.6 Å². The molecule has 8 nitrogen and oxygen atoms in total. The van der Waals surface area contributed by atoms with E-state index in [1.807, 2.05) is 35.2 Å². The van der Waals surface area contributed by atoms with Gasteiger partial charge in [-0.2, -0.15) is 0 Å². The van der Waals surface area contributed by atoms with Crippen molar-refractivity contribution in [3.8, 4) is 0 Å². The Kier molecular flexibility index (Phi) is 11.2. The van der Waals surface area contributed by atoms with E-state index in [1.54, 1.807) is 26.2 Å². The van der Waals surface area contributed by atoms with E-state index in [0.29, 0.717) is 41.4 Å². The first kappa shape index (κ1) is 31.3. The Morgan fingerprint density at radius 2 is 1.76 bits per heavy atom. The van der Waals surface area contributed by atoms with Crippen molar-refractivity contribution in [2.75, 3.05) is 25.6 Å². The van der Waals surface area contributed by atoms with Crippen molar-refractivity contribution < 1.29 is 23.5 Å². The van der Waals surface area contributed by atoms with Crippen molar-refractivity contribution >= 4 is 34.7 Å². The van der Waals surface area contributed by atoms with E-state index in [4.69, 9.17) is 10.5 Å².